The van der Waals surface area contributed by atoms with Crippen molar-refractivity contribution in [1.29, 1.82) is 0 Å². The van der Waals surface area contributed by atoms with Crippen LogP contribution in [0.25, 0.3) is 0 Å². The Balaban J connectivity index is 3.62. The Hall–Kier alpha value is -0.120. The molecule has 3 nitrogen and oxygen atoms in total. The van der Waals surface area contributed by atoms with Crippen molar-refractivity contribution in [3.8, 4) is 0 Å². The Morgan fingerprint density at radius 2 is 1.88 bits per heavy atom. The fourth-order valence-corrected chi connectivity index (χ4v) is 1.65. The van der Waals surface area contributed by atoms with Crippen LogP contribution in [0.2, 0.25) is 0 Å². The predicted octanol–water partition coefficient (Wildman–Crippen LogP) is 2.11. The summed E-state index contributed by atoms with van der Waals surface area (Å²) >= 11 is 0. The van der Waals surface area contributed by atoms with E-state index in [-0.39, 0.29) is 0 Å². The number of hydrogen-bond donors (Lipinski definition) is 1. The van der Waals surface area contributed by atoms with Crippen molar-refractivity contribution in [1.82, 2.24) is 4.90 Å². The lowest BCUT2D eigenvalue weighted by Gasteiger charge is -2.25. The maximum Gasteiger partial charge on any atom is 0.0593 e. The summed E-state index contributed by atoms with van der Waals surface area (Å²) in [5, 5.41) is 0. The van der Waals surface area contributed by atoms with Gasteiger partial charge in [0.25, 0.3) is 0 Å². The molecular weight excluding hydrogens is 200 g/mol. The molecule has 0 saturated carbocycles. The number of nitrogens with zero attached hydrogens (tertiary/aromatic N) is 1. The highest BCUT2D eigenvalue weighted by Crippen LogP contribution is 2.20. The first-order valence-electron chi connectivity index (χ1n) is 6.56. The number of rotatable bonds is 10. The molecular formula is C13H30N2O. The Bertz CT molecular complexity index is 160. The maximum atomic E-state index is 5.72. The summed E-state index contributed by atoms with van der Waals surface area (Å²) in [7, 11) is 0. The summed E-state index contributed by atoms with van der Waals surface area (Å²) in [6, 6.07) is 0. The molecule has 0 spiro atoms. The molecule has 0 heterocycles. The average molecular weight is 230 g/mol. The molecule has 3 heteroatoms. The minimum absolute atomic E-state index is 0.291. The number of likely N-dealkylation sites (N-methyl/N-ethyl adjacent to an activating group) is 1. The van der Waals surface area contributed by atoms with Gasteiger partial charge >= 0.3 is 0 Å². The van der Waals surface area contributed by atoms with Gasteiger partial charge in [-0.15, -0.1) is 0 Å². The van der Waals surface area contributed by atoms with Crippen molar-refractivity contribution >= 4 is 0 Å². The zero-order valence-electron chi connectivity index (χ0n) is 11.6. The van der Waals surface area contributed by atoms with Gasteiger partial charge in [0.05, 0.1) is 6.61 Å². The van der Waals surface area contributed by atoms with E-state index in [0.717, 1.165) is 39.4 Å². The van der Waals surface area contributed by atoms with E-state index in [9.17, 15) is 0 Å². The quantitative estimate of drug-likeness (QED) is 0.584. The minimum Gasteiger partial charge on any atom is -0.380 e. The SMILES string of the molecule is CCOCCN(CC)CCCC(C)(C)CN. The van der Waals surface area contributed by atoms with Gasteiger partial charge in [0.1, 0.15) is 0 Å². The molecule has 0 unspecified atom stereocenters. The molecule has 0 aliphatic heterocycles. The second kappa shape index (κ2) is 8.97. The zero-order valence-corrected chi connectivity index (χ0v) is 11.6. The van der Waals surface area contributed by atoms with E-state index in [4.69, 9.17) is 10.5 Å². The number of hydrogen-bond acceptors (Lipinski definition) is 3. The molecule has 0 fully saturated rings. The highest BCUT2D eigenvalue weighted by molar-refractivity contribution is 4.70. The van der Waals surface area contributed by atoms with Gasteiger partial charge in [0, 0.05) is 13.2 Å². The van der Waals surface area contributed by atoms with Crippen molar-refractivity contribution < 1.29 is 4.74 Å². The fraction of sp³-hybridized carbons (Fsp3) is 1.00. The van der Waals surface area contributed by atoms with Gasteiger partial charge in [-0.25, -0.2) is 0 Å². The van der Waals surface area contributed by atoms with E-state index >= 15 is 0 Å². The van der Waals surface area contributed by atoms with Crippen LogP contribution in [-0.4, -0.2) is 44.3 Å². The molecule has 0 aromatic rings. The van der Waals surface area contributed by atoms with Gasteiger partial charge < -0.3 is 15.4 Å². The summed E-state index contributed by atoms with van der Waals surface area (Å²) < 4.78 is 5.37. The van der Waals surface area contributed by atoms with E-state index in [1.807, 2.05) is 6.92 Å². The van der Waals surface area contributed by atoms with Gasteiger partial charge in [-0.05, 0) is 44.8 Å². The second-order valence-corrected chi connectivity index (χ2v) is 5.10. The van der Waals surface area contributed by atoms with Gasteiger partial charge in [0.15, 0.2) is 0 Å². The number of nitrogens with two attached hydrogens (primary N) is 1. The lowest BCUT2D eigenvalue weighted by molar-refractivity contribution is 0.113. The Morgan fingerprint density at radius 1 is 1.19 bits per heavy atom. The van der Waals surface area contributed by atoms with Crippen LogP contribution in [0.15, 0.2) is 0 Å². The minimum atomic E-state index is 0.291. The topological polar surface area (TPSA) is 38.5 Å². The molecule has 98 valence electrons. The third-order valence-corrected chi connectivity index (χ3v) is 3.08. The molecule has 0 bridgehead atoms. The van der Waals surface area contributed by atoms with Gasteiger partial charge in [0.2, 0.25) is 0 Å². The third-order valence-electron chi connectivity index (χ3n) is 3.08. The molecule has 0 saturated heterocycles. The fourth-order valence-electron chi connectivity index (χ4n) is 1.65. The van der Waals surface area contributed by atoms with Crippen LogP contribution in [0.1, 0.15) is 40.5 Å². The first-order valence-corrected chi connectivity index (χ1v) is 6.56. The van der Waals surface area contributed by atoms with Crippen LogP contribution in [0.3, 0.4) is 0 Å². The van der Waals surface area contributed by atoms with Crippen LogP contribution in [0.5, 0.6) is 0 Å². The van der Waals surface area contributed by atoms with Crippen LogP contribution < -0.4 is 5.73 Å². The normalized spacial score (nSPS) is 12.4. The predicted molar refractivity (Wildman–Crippen MR) is 70.7 cm³/mol. The van der Waals surface area contributed by atoms with E-state index in [1.54, 1.807) is 0 Å². The Labute approximate surface area is 101 Å². The smallest absolute Gasteiger partial charge is 0.0593 e. The van der Waals surface area contributed by atoms with Crippen molar-refractivity contribution in [2.24, 2.45) is 11.1 Å². The molecule has 0 aliphatic carbocycles. The first kappa shape index (κ1) is 15.9. The summed E-state index contributed by atoms with van der Waals surface area (Å²) in [6.07, 6.45) is 2.43. The van der Waals surface area contributed by atoms with Gasteiger partial charge in [-0.2, -0.15) is 0 Å². The van der Waals surface area contributed by atoms with Crippen molar-refractivity contribution in [3.63, 3.8) is 0 Å². The van der Waals surface area contributed by atoms with E-state index < -0.39 is 0 Å². The Kier molecular flexibility index (Phi) is 8.90. The summed E-state index contributed by atoms with van der Waals surface area (Å²) in [5.74, 6) is 0. The molecule has 16 heavy (non-hydrogen) atoms. The molecule has 0 rings (SSSR count). The monoisotopic (exact) mass is 230 g/mol. The Morgan fingerprint density at radius 3 is 2.38 bits per heavy atom. The standard InChI is InChI=1S/C13H30N2O/c1-5-15(10-11-16-6-2)9-7-8-13(3,4)12-14/h5-12,14H2,1-4H3. The third kappa shape index (κ3) is 8.08. The largest absolute Gasteiger partial charge is 0.380 e. The van der Waals surface area contributed by atoms with Crippen LogP contribution in [0, 0.1) is 5.41 Å². The van der Waals surface area contributed by atoms with Crippen molar-refractivity contribution in [2.45, 2.75) is 40.5 Å². The van der Waals surface area contributed by atoms with E-state index in [2.05, 4.69) is 25.7 Å². The molecule has 0 radical (unpaired) electrons. The second-order valence-electron chi connectivity index (χ2n) is 5.10. The molecule has 0 aromatic heterocycles. The lowest BCUT2D eigenvalue weighted by atomic mass is 9.88. The average Bonchev–Trinajstić information content (AvgIpc) is 2.27. The van der Waals surface area contributed by atoms with Crippen molar-refractivity contribution in [2.75, 3.05) is 39.4 Å². The molecule has 0 amide bonds. The summed E-state index contributed by atoms with van der Waals surface area (Å²) in [4.78, 5) is 2.45. The van der Waals surface area contributed by atoms with Crippen molar-refractivity contribution in [3.05, 3.63) is 0 Å². The van der Waals surface area contributed by atoms with Crippen LogP contribution >= 0.6 is 0 Å². The zero-order chi connectivity index (χ0) is 12.4. The molecule has 0 atom stereocenters. The van der Waals surface area contributed by atoms with Gasteiger partial charge in [-0.1, -0.05) is 20.8 Å². The van der Waals surface area contributed by atoms with E-state index in [0.29, 0.717) is 5.41 Å². The molecule has 0 aliphatic rings. The highest BCUT2D eigenvalue weighted by atomic mass is 16.5. The maximum absolute atomic E-state index is 5.72. The summed E-state index contributed by atoms with van der Waals surface area (Å²) in [5.41, 5.74) is 6.01. The summed E-state index contributed by atoms with van der Waals surface area (Å²) in [6.45, 7) is 14.5. The molecule has 2 N–H and O–H groups in total. The van der Waals surface area contributed by atoms with Gasteiger partial charge in [-0.3, -0.25) is 0 Å². The lowest BCUT2D eigenvalue weighted by Crippen LogP contribution is -2.30. The van der Waals surface area contributed by atoms with Crippen LogP contribution in [0.4, 0.5) is 0 Å². The number of ether oxygens (including phenoxy) is 1. The van der Waals surface area contributed by atoms with Crippen LogP contribution in [-0.2, 0) is 4.74 Å². The highest BCUT2D eigenvalue weighted by Gasteiger charge is 2.15. The molecule has 0 aromatic carbocycles. The first-order chi connectivity index (χ1) is 7.55. The van der Waals surface area contributed by atoms with E-state index in [1.165, 1.54) is 12.8 Å².